The number of carbonyl (C=O) groups is 1. The Morgan fingerprint density at radius 1 is 1.27 bits per heavy atom. The van der Waals surface area contributed by atoms with Crippen molar-refractivity contribution < 1.29 is 9.53 Å². The molecule has 0 aromatic rings. The topological polar surface area (TPSA) is 53.6 Å². The summed E-state index contributed by atoms with van der Waals surface area (Å²) in [5, 5.41) is 6.17. The molecule has 2 N–H and O–H groups in total. The highest BCUT2D eigenvalue weighted by Crippen LogP contribution is 2.27. The zero-order valence-electron chi connectivity index (χ0n) is 13.7. The standard InChI is InChI=1S/C15H29N3O2.2ClH/c1-12(2)10-18-5-6-20-14(11-18)8-17-15(19)9-16-7-13-3-4-13;;/h12-14,16H,3-11H2,1-2H3,(H,17,19);2*1H. The number of carbonyl (C=O) groups excluding carboxylic acids is 1. The van der Waals surface area contributed by atoms with Crippen LogP contribution >= 0.6 is 24.8 Å². The maximum atomic E-state index is 11.7. The van der Waals surface area contributed by atoms with Gasteiger partial charge in [-0.3, -0.25) is 9.69 Å². The lowest BCUT2D eigenvalue weighted by Crippen LogP contribution is -2.49. The van der Waals surface area contributed by atoms with E-state index >= 15 is 0 Å². The number of hydrogen-bond acceptors (Lipinski definition) is 4. The van der Waals surface area contributed by atoms with E-state index in [1.807, 2.05) is 0 Å². The summed E-state index contributed by atoms with van der Waals surface area (Å²) in [4.78, 5) is 14.1. The fraction of sp³-hybridized carbons (Fsp3) is 0.933. The summed E-state index contributed by atoms with van der Waals surface area (Å²) in [5.74, 6) is 1.57. The minimum absolute atomic E-state index is 0. The normalized spacial score (nSPS) is 21.9. The molecule has 0 aromatic carbocycles. The van der Waals surface area contributed by atoms with Crippen LogP contribution in [0.15, 0.2) is 0 Å². The van der Waals surface area contributed by atoms with Gasteiger partial charge in [0, 0.05) is 26.2 Å². The molecule has 1 unspecified atom stereocenters. The first-order valence-electron chi connectivity index (χ1n) is 7.95. The van der Waals surface area contributed by atoms with Crippen LogP contribution < -0.4 is 10.6 Å². The second kappa shape index (κ2) is 11.5. The van der Waals surface area contributed by atoms with Crippen LogP contribution in [0.3, 0.4) is 0 Å². The molecule has 0 bridgehead atoms. The largest absolute Gasteiger partial charge is 0.374 e. The fourth-order valence-electron chi connectivity index (χ4n) is 2.59. The molecule has 2 fully saturated rings. The molecular formula is C15H31Cl2N3O2. The molecule has 22 heavy (non-hydrogen) atoms. The first kappa shape index (κ1) is 21.9. The molecule has 2 aliphatic rings. The number of rotatable bonds is 8. The van der Waals surface area contributed by atoms with Gasteiger partial charge in [0.25, 0.3) is 0 Å². The quantitative estimate of drug-likeness (QED) is 0.689. The molecular weight excluding hydrogens is 325 g/mol. The Kier molecular flexibility index (Phi) is 11.4. The van der Waals surface area contributed by atoms with E-state index in [4.69, 9.17) is 4.74 Å². The Morgan fingerprint density at radius 3 is 2.64 bits per heavy atom. The molecule has 132 valence electrons. The Balaban J connectivity index is 0.00000220. The molecule has 0 spiro atoms. The lowest BCUT2D eigenvalue weighted by molar-refractivity contribution is -0.121. The molecule has 0 radical (unpaired) electrons. The van der Waals surface area contributed by atoms with Crippen molar-refractivity contribution in [2.45, 2.75) is 32.8 Å². The minimum Gasteiger partial charge on any atom is -0.374 e. The van der Waals surface area contributed by atoms with Crippen molar-refractivity contribution in [2.75, 3.05) is 45.9 Å². The highest BCUT2D eigenvalue weighted by molar-refractivity contribution is 5.85. The fourth-order valence-corrected chi connectivity index (χ4v) is 2.59. The highest BCUT2D eigenvalue weighted by Gasteiger charge is 2.22. The van der Waals surface area contributed by atoms with Gasteiger partial charge in [0.15, 0.2) is 0 Å². The molecule has 1 atom stereocenters. The van der Waals surface area contributed by atoms with Gasteiger partial charge in [-0.1, -0.05) is 13.8 Å². The van der Waals surface area contributed by atoms with Gasteiger partial charge in [0.05, 0.1) is 19.3 Å². The Hall–Kier alpha value is -0.0700. The van der Waals surface area contributed by atoms with Gasteiger partial charge in [-0.15, -0.1) is 24.8 Å². The van der Waals surface area contributed by atoms with E-state index in [0.29, 0.717) is 19.0 Å². The summed E-state index contributed by atoms with van der Waals surface area (Å²) in [6, 6.07) is 0. The van der Waals surface area contributed by atoms with E-state index in [-0.39, 0.29) is 36.8 Å². The first-order chi connectivity index (χ1) is 9.63. The van der Waals surface area contributed by atoms with Gasteiger partial charge >= 0.3 is 0 Å². The molecule has 2 rings (SSSR count). The number of ether oxygens (including phenoxy) is 1. The predicted octanol–water partition coefficient (Wildman–Crippen LogP) is 1.30. The molecule has 1 heterocycles. The lowest BCUT2D eigenvalue weighted by atomic mass is 10.2. The van der Waals surface area contributed by atoms with Crippen LogP contribution in [0.1, 0.15) is 26.7 Å². The van der Waals surface area contributed by atoms with Crippen molar-refractivity contribution in [1.29, 1.82) is 0 Å². The summed E-state index contributed by atoms with van der Waals surface area (Å²) < 4.78 is 5.72. The third kappa shape index (κ3) is 9.16. The van der Waals surface area contributed by atoms with Crippen LogP contribution in [-0.4, -0.2) is 62.8 Å². The molecule has 1 amide bonds. The smallest absolute Gasteiger partial charge is 0.234 e. The molecule has 0 aromatic heterocycles. The zero-order valence-corrected chi connectivity index (χ0v) is 15.3. The van der Waals surface area contributed by atoms with Crippen LogP contribution in [0.2, 0.25) is 0 Å². The van der Waals surface area contributed by atoms with Crippen molar-refractivity contribution in [1.82, 2.24) is 15.5 Å². The predicted molar refractivity (Wildman–Crippen MR) is 94.1 cm³/mol. The SMILES string of the molecule is CC(C)CN1CCOC(CNC(=O)CNCC2CC2)C1.Cl.Cl. The summed E-state index contributed by atoms with van der Waals surface area (Å²) in [7, 11) is 0. The molecule has 5 nitrogen and oxygen atoms in total. The van der Waals surface area contributed by atoms with Gasteiger partial charge in [-0.25, -0.2) is 0 Å². The summed E-state index contributed by atoms with van der Waals surface area (Å²) >= 11 is 0. The van der Waals surface area contributed by atoms with E-state index in [1.165, 1.54) is 12.8 Å². The van der Waals surface area contributed by atoms with E-state index in [0.717, 1.165) is 38.7 Å². The van der Waals surface area contributed by atoms with Gasteiger partial charge in [0.2, 0.25) is 5.91 Å². The Bertz CT molecular complexity index is 315. The number of halogens is 2. The van der Waals surface area contributed by atoms with E-state index < -0.39 is 0 Å². The number of amides is 1. The van der Waals surface area contributed by atoms with Crippen LogP contribution in [0.4, 0.5) is 0 Å². The van der Waals surface area contributed by atoms with Gasteiger partial charge < -0.3 is 15.4 Å². The first-order valence-corrected chi connectivity index (χ1v) is 7.95. The lowest BCUT2D eigenvalue weighted by Gasteiger charge is -2.33. The Labute approximate surface area is 146 Å². The molecule has 1 saturated carbocycles. The van der Waals surface area contributed by atoms with Gasteiger partial charge in [-0.05, 0) is 31.2 Å². The second-order valence-corrected chi connectivity index (χ2v) is 6.52. The van der Waals surface area contributed by atoms with Gasteiger partial charge in [0.1, 0.15) is 0 Å². The van der Waals surface area contributed by atoms with Gasteiger partial charge in [-0.2, -0.15) is 0 Å². The molecule has 1 saturated heterocycles. The zero-order chi connectivity index (χ0) is 14.4. The van der Waals surface area contributed by atoms with Crippen molar-refractivity contribution in [3.05, 3.63) is 0 Å². The summed E-state index contributed by atoms with van der Waals surface area (Å²) in [5.41, 5.74) is 0. The number of nitrogens with zero attached hydrogens (tertiary/aromatic N) is 1. The third-order valence-electron chi connectivity index (χ3n) is 3.79. The number of morpholine rings is 1. The van der Waals surface area contributed by atoms with Crippen molar-refractivity contribution in [2.24, 2.45) is 11.8 Å². The van der Waals surface area contributed by atoms with Crippen LogP contribution in [0.25, 0.3) is 0 Å². The van der Waals surface area contributed by atoms with E-state index in [2.05, 4.69) is 29.4 Å². The number of hydrogen-bond donors (Lipinski definition) is 2. The van der Waals surface area contributed by atoms with Crippen LogP contribution in [-0.2, 0) is 9.53 Å². The van der Waals surface area contributed by atoms with Crippen LogP contribution in [0.5, 0.6) is 0 Å². The maximum Gasteiger partial charge on any atom is 0.234 e. The van der Waals surface area contributed by atoms with Crippen molar-refractivity contribution >= 4 is 30.7 Å². The maximum absolute atomic E-state index is 11.7. The van der Waals surface area contributed by atoms with E-state index in [1.54, 1.807) is 0 Å². The average Bonchev–Trinajstić information content (AvgIpc) is 3.20. The minimum atomic E-state index is 0. The number of nitrogens with one attached hydrogen (secondary N) is 2. The Morgan fingerprint density at radius 2 is 2.00 bits per heavy atom. The third-order valence-corrected chi connectivity index (χ3v) is 3.79. The van der Waals surface area contributed by atoms with E-state index in [9.17, 15) is 4.79 Å². The monoisotopic (exact) mass is 355 g/mol. The van der Waals surface area contributed by atoms with Crippen molar-refractivity contribution in [3.8, 4) is 0 Å². The van der Waals surface area contributed by atoms with Crippen molar-refractivity contribution in [3.63, 3.8) is 0 Å². The summed E-state index contributed by atoms with van der Waals surface area (Å²) in [6.07, 6.45) is 2.77. The molecule has 1 aliphatic carbocycles. The summed E-state index contributed by atoms with van der Waals surface area (Å²) in [6.45, 7) is 10.3. The molecule has 1 aliphatic heterocycles. The average molecular weight is 356 g/mol. The molecule has 7 heteroatoms. The highest BCUT2D eigenvalue weighted by atomic mass is 35.5. The van der Waals surface area contributed by atoms with Crippen LogP contribution in [0, 0.1) is 11.8 Å². The second-order valence-electron chi connectivity index (χ2n) is 6.52.